The van der Waals surface area contributed by atoms with Crippen LogP contribution in [-0.2, 0) is 25.3 Å². The van der Waals surface area contributed by atoms with E-state index >= 15 is 0 Å². The number of benzene rings is 2. The van der Waals surface area contributed by atoms with Crippen LogP contribution >= 0.6 is 11.8 Å². The molecule has 0 unspecified atom stereocenters. The lowest BCUT2D eigenvalue weighted by Crippen LogP contribution is -2.35. The highest BCUT2D eigenvalue weighted by Gasteiger charge is 2.21. The Balaban J connectivity index is 1.44. The van der Waals surface area contributed by atoms with Gasteiger partial charge >= 0.3 is 0 Å². The van der Waals surface area contributed by atoms with Crippen LogP contribution in [0.15, 0.2) is 64.5 Å². The summed E-state index contributed by atoms with van der Waals surface area (Å²) in [5, 5.41) is 0.625. The summed E-state index contributed by atoms with van der Waals surface area (Å²) >= 11 is 1.47. The molecule has 3 aromatic rings. The molecule has 0 saturated carbocycles. The van der Waals surface area contributed by atoms with Gasteiger partial charge in [-0.1, -0.05) is 54.2 Å². The van der Waals surface area contributed by atoms with Crippen molar-refractivity contribution in [1.82, 2.24) is 14.9 Å². The Morgan fingerprint density at radius 3 is 2.63 bits per heavy atom. The highest BCUT2D eigenvalue weighted by atomic mass is 32.2. The van der Waals surface area contributed by atoms with E-state index in [1.54, 1.807) is 12.1 Å². The van der Waals surface area contributed by atoms with E-state index in [0.717, 1.165) is 36.3 Å². The molecule has 0 saturated heterocycles. The number of aromatic amines is 1. The van der Waals surface area contributed by atoms with Gasteiger partial charge in [-0.15, -0.1) is 0 Å². The lowest BCUT2D eigenvalue weighted by atomic mass is 10.1. The van der Waals surface area contributed by atoms with Gasteiger partial charge in [-0.2, -0.15) is 0 Å². The number of halogens is 1. The Morgan fingerprint density at radius 1 is 1.07 bits per heavy atom. The zero-order valence-electron chi connectivity index (χ0n) is 14.8. The molecule has 0 atom stereocenters. The third-order valence-electron chi connectivity index (χ3n) is 4.66. The summed E-state index contributed by atoms with van der Waals surface area (Å²) in [5.41, 5.74) is 3.85. The van der Waals surface area contributed by atoms with Crippen molar-refractivity contribution in [3.8, 4) is 0 Å². The number of fused-ring (bicyclic) bond motifs is 1. The largest absolute Gasteiger partial charge is 0.301 e. The average molecular weight is 381 g/mol. The third-order valence-corrected chi connectivity index (χ3v) is 5.61. The first-order chi connectivity index (χ1) is 13.2. The molecule has 27 heavy (non-hydrogen) atoms. The molecular formula is C21H20FN3OS. The molecule has 0 spiro atoms. The van der Waals surface area contributed by atoms with Gasteiger partial charge in [-0.25, -0.2) is 9.37 Å². The average Bonchev–Trinajstić information content (AvgIpc) is 2.69. The smallest absolute Gasteiger partial charge is 0.256 e. The van der Waals surface area contributed by atoms with Crippen LogP contribution in [-0.4, -0.2) is 21.4 Å². The molecule has 6 heteroatoms. The Labute approximate surface area is 161 Å². The van der Waals surface area contributed by atoms with E-state index in [9.17, 15) is 9.18 Å². The number of hydrogen-bond donors (Lipinski definition) is 1. The van der Waals surface area contributed by atoms with Gasteiger partial charge in [0.15, 0.2) is 5.16 Å². The number of aromatic nitrogens is 2. The molecule has 0 fully saturated rings. The monoisotopic (exact) mass is 381 g/mol. The van der Waals surface area contributed by atoms with Crippen molar-refractivity contribution in [3.63, 3.8) is 0 Å². The summed E-state index contributed by atoms with van der Waals surface area (Å²) < 4.78 is 13.0. The Hall–Kier alpha value is -2.44. The molecule has 1 N–H and O–H groups in total. The van der Waals surface area contributed by atoms with E-state index in [0.29, 0.717) is 17.5 Å². The summed E-state index contributed by atoms with van der Waals surface area (Å²) in [5.74, 6) is 0.395. The molecule has 138 valence electrons. The molecule has 1 aromatic heterocycles. The minimum absolute atomic E-state index is 0.0561. The van der Waals surface area contributed by atoms with E-state index in [-0.39, 0.29) is 11.4 Å². The number of nitrogens with zero attached hydrogens (tertiary/aromatic N) is 2. The lowest BCUT2D eigenvalue weighted by molar-refractivity contribution is 0.241. The summed E-state index contributed by atoms with van der Waals surface area (Å²) in [7, 11) is 0. The van der Waals surface area contributed by atoms with Gasteiger partial charge in [0.1, 0.15) is 5.82 Å². The Morgan fingerprint density at radius 2 is 1.85 bits per heavy atom. The molecule has 2 heterocycles. The van der Waals surface area contributed by atoms with E-state index < -0.39 is 0 Å². The lowest BCUT2D eigenvalue weighted by Gasteiger charge is -2.27. The number of rotatable bonds is 5. The van der Waals surface area contributed by atoms with Crippen LogP contribution in [0.1, 0.15) is 22.4 Å². The van der Waals surface area contributed by atoms with Crippen molar-refractivity contribution in [2.45, 2.75) is 30.4 Å². The Bertz CT molecular complexity index is 973. The summed E-state index contributed by atoms with van der Waals surface area (Å²) in [4.78, 5) is 22.4. The van der Waals surface area contributed by atoms with Gasteiger partial charge in [0, 0.05) is 31.8 Å². The van der Waals surface area contributed by atoms with Crippen molar-refractivity contribution < 1.29 is 4.39 Å². The molecule has 1 aliphatic rings. The molecule has 0 radical (unpaired) electrons. The van der Waals surface area contributed by atoms with Gasteiger partial charge < -0.3 is 4.98 Å². The number of hydrogen-bond acceptors (Lipinski definition) is 4. The summed E-state index contributed by atoms with van der Waals surface area (Å²) in [6.45, 7) is 2.34. The second-order valence-corrected chi connectivity index (χ2v) is 7.62. The minimum Gasteiger partial charge on any atom is -0.301 e. The predicted octanol–water partition coefficient (Wildman–Crippen LogP) is 3.76. The van der Waals surface area contributed by atoms with Gasteiger partial charge in [-0.3, -0.25) is 9.69 Å². The van der Waals surface area contributed by atoms with E-state index in [1.165, 1.54) is 29.5 Å². The maximum Gasteiger partial charge on any atom is 0.256 e. The molecule has 2 aromatic carbocycles. The third kappa shape index (κ3) is 4.46. The quantitative estimate of drug-likeness (QED) is 0.540. The zero-order valence-corrected chi connectivity index (χ0v) is 15.6. The molecule has 0 aliphatic carbocycles. The van der Waals surface area contributed by atoms with Gasteiger partial charge in [0.05, 0.1) is 11.3 Å². The van der Waals surface area contributed by atoms with Crippen LogP contribution in [0.5, 0.6) is 0 Å². The predicted molar refractivity (Wildman–Crippen MR) is 105 cm³/mol. The van der Waals surface area contributed by atoms with Crippen LogP contribution in [0.25, 0.3) is 0 Å². The normalized spacial score (nSPS) is 14.1. The van der Waals surface area contributed by atoms with Crippen LogP contribution in [0, 0.1) is 5.82 Å². The first-order valence-corrected chi connectivity index (χ1v) is 9.91. The minimum atomic E-state index is -0.246. The number of thioether (sulfide) groups is 1. The molecular weight excluding hydrogens is 361 g/mol. The fourth-order valence-electron chi connectivity index (χ4n) is 3.24. The second-order valence-electron chi connectivity index (χ2n) is 6.66. The standard InChI is InChI=1S/C21H20FN3OS/c22-17-8-6-16(7-9-17)14-27-21-23-19-10-11-25(13-18(19)20(26)24-21)12-15-4-2-1-3-5-15/h1-9H,10-14H2,(H,23,24,26). The molecule has 4 nitrogen and oxygen atoms in total. The van der Waals surface area contributed by atoms with Crippen LogP contribution in [0.2, 0.25) is 0 Å². The van der Waals surface area contributed by atoms with E-state index in [2.05, 4.69) is 27.0 Å². The molecule has 4 rings (SSSR count). The topological polar surface area (TPSA) is 49.0 Å². The van der Waals surface area contributed by atoms with Crippen molar-refractivity contribution in [2.24, 2.45) is 0 Å². The molecule has 0 bridgehead atoms. The Kier molecular flexibility index (Phi) is 5.36. The maximum atomic E-state index is 13.0. The molecule has 0 amide bonds. The highest BCUT2D eigenvalue weighted by molar-refractivity contribution is 7.98. The van der Waals surface area contributed by atoms with Crippen molar-refractivity contribution in [2.75, 3.05) is 6.54 Å². The van der Waals surface area contributed by atoms with Crippen LogP contribution in [0.3, 0.4) is 0 Å². The number of nitrogens with one attached hydrogen (secondary N) is 1. The van der Waals surface area contributed by atoms with E-state index in [1.807, 2.05) is 18.2 Å². The summed E-state index contributed by atoms with van der Waals surface area (Å²) in [6.07, 6.45) is 0.774. The fraction of sp³-hybridized carbons (Fsp3) is 0.238. The van der Waals surface area contributed by atoms with Crippen LogP contribution in [0.4, 0.5) is 4.39 Å². The first kappa shape index (κ1) is 17.9. The summed E-state index contributed by atoms with van der Waals surface area (Å²) in [6, 6.07) is 16.7. The first-order valence-electron chi connectivity index (χ1n) is 8.93. The van der Waals surface area contributed by atoms with Crippen LogP contribution < -0.4 is 5.56 Å². The second kappa shape index (κ2) is 8.06. The maximum absolute atomic E-state index is 13.0. The van der Waals surface area contributed by atoms with Gasteiger partial charge in [-0.05, 0) is 23.3 Å². The van der Waals surface area contributed by atoms with E-state index in [4.69, 9.17) is 0 Å². The SMILES string of the molecule is O=c1[nH]c(SCc2ccc(F)cc2)nc2c1CN(Cc1ccccc1)CC2. The molecule has 1 aliphatic heterocycles. The zero-order chi connectivity index (χ0) is 18.6. The van der Waals surface area contributed by atoms with Gasteiger partial charge in [0.2, 0.25) is 0 Å². The fourth-order valence-corrected chi connectivity index (χ4v) is 4.07. The van der Waals surface area contributed by atoms with Crippen molar-refractivity contribution in [1.29, 1.82) is 0 Å². The van der Waals surface area contributed by atoms with Crippen molar-refractivity contribution >= 4 is 11.8 Å². The van der Waals surface area contributed by atoms with Crippen molar-refractivity contribution in [3.05, 3.63) is 93.2 Å². The highest BCUT2D eigenvalue weighted by Crippen LogP contribution is 2.22. The van der Waals surface area contributed by atoms with Gasteiger partial charge in [0.25, 0.3) is 5.56 Å². The number of H-pyrrole nitrogens is 1.